The first kappa shape index (κ1) is 15.0. The summed E-state index contributed by atoms with van der Waals surface area (Å²) in [6.45, 7) is 3.43. The SMILES string of the molecule is COC(C)(OO)[C@@H]1CC(=O)[C@@]2(C)OC2C1.[Ac]. The summed E-state index contributed by atoms with van der Waals surface area (Å²) in [5.41, 5.74) is -0.583. The summed E-state index contributed by atoms with van der Waals surface area (Å²) in [6, 6.07) is 0. The quantitative estimate of drug-likeness (QED) is 0.305. The Bertz CT molecular complexity index is 291. The largest absolute Gasteiger partial charge is 0.358 e. The van der Waals surface area contributed by atoms with Gasteiger partial charge in [0.2, 0.25) is 5.79 Å². The van der Waals surface area contributed by atoms with Crippen molar-refractivity contribution in [3.63, 3.8) is 0 Å². The van der Waals surface area contributed by atoms with Crippen LogP contribution in [0, 0.1) is 50.0 Å². The first-order chi connectivity index (χ1) is 6.96. The number of Topliss-reactive ketones (excluding diaryl/α,β-unsaturated/α-hetero) is 1. The van der Waals surface area contributed by atoms with Crippen molar-refractivity contribution < 1.29 is 68.5 Å². The van der Waals surface area contributed by atoms with Gasteiger partial charge in [0, 0.05) is 63.5 Å². The van der Waals surface area contributed by atoms with Crippen LogP contribution in [-0.2, 0) is 19.2 Å². The van der Waals surface area contributed by atoms with E-state index in [0.29, 0.717) is 12.8 Å². The summed E-state index contributed by atoms with van der Waals surface area (Å²) in [6.07, 6.45) is 0.943. The zero-order chi connectivity index (χ0) is 11.3. The van der Waals surface area contributed by atoms with E-state index in [9.17, 15) is 4.79 Å². The number of hydrogen-bond donors (Lipinski definition) is 1. The van der Waals surface area contributed by atoms with Crippen LogP contribution >= 0.6 is 0 Å². The summed E-state index contributed by atoms with van der Waals surface area (Å²) in [5, 5.41) is 8.81. The van der Waals surface area contributed by atoms with E-state index in [-0.39, 0.29) is 61.9 Å². The van der Waals surface area contributed by atoms with Crippen molar-refractivity contribution in [2.45, 2.75) is 44.2 Å². The van der Waals surface area contributed by atoms with Crippen molar-refractivity contribution in [2.75, 3.05) is 7.11 Å². The Morgan fingerprint density at radius 1 is 1.62 bits per heavy atom. The molecule has 0 spiro atoms. The van der Waals surface area contributed by atoms with E-state index in [4.69, 9.17) is 14.7 Å². The molecule has 6 heteroatoms. The number of carbonyl (C=O) groups excluding carboxylic acids is 1. The molecule has 1 saturated heterocycles. The molecule has 4 atom stereocenters. The maximum Gasteiger partial charge on any atom is 0.201 e. The molecule has 1 heterocycles. The number of rotatable bonds is 3. The van der Waals surface area contributed by atoms with Crippen molar-refractivity contribution >= 4 is 5.78 Å². The summed E-state index contributed by atoms with van der Waals surface area (Å²) < 4.78 is 10.4. The molecule has 1 aliphatic heterocycles. The van der Waals surface area contributed by atoms with Gasteiger partial charge in [-0.3, -0.25) is 4.79 Å². The summed E-state index contributed by atoms with van der Waals surface area (Å²) >= 11 is 0. The van der Waals surface area contributed by atoms with Crippen molar-refractivity contribution in [3.05, 3.63) is 0 Å². The van der Waals surface area contributed by atoms with Gasteiger partial charge in [-0.15, -0.1) is 0 Å². The van der Waals surface area contributed by atoms with Gasteiger partial charge in [-0.2, -0.15) is 0 Å². The van der Waals surface area contributed by atoms with Crippen LogP contribution < -0.4 is 0 Å². The Morgan fingerprint density at radius 2 is 2.25 bits per heavy atom. The van der Waals surface area contributed by atoms with E-state index in [1.165, 1.54) is 7.11 Å². The fourth-order valence-electron chi connectivity index (χ4n) is 2.23. The third-order valence-electron chi connectivity index (χ3n) is 3.76. The van der Waals surface area contributed by atoms with Gasteiger partial charge >= 0.3 is 0 Å². The zero-order valence-electron chi connectivity index (χ0n) is 9.73. The Hall–Kier alpha value is 0.952. The Labute approximate surface area is 130 Å². The molecule has 89 valence electrons. The van der Waals surface area contributed by atoms with Crippen LogP contribution in [0.2, 0.25) is 0 Å². The molecule has 0 bridgehead atoms. The van der Waals surface area contributed by atoms with E-state index in [1.807, 2.05) is 0 Å². The standard InChI is InChI=1S/C10H16O5.Ac/c1-9-7(11)4-6(5-8(9)14-9)10(2,13-3)15-12;/h6,8,12H,4-5H2,1-3H3;/t6-,8?,9-,10?;/m1./s1. The molecule has 0 aromatic heterocycles. The first-order valence-electron chi connectivity index (χ1n) is 5.05. The minimum Gasteiger partial charge on any atom is -0.358 e. The van der Waals surface area contributed by atoms with Crippen LogP contribution in [0.1, 0.15) is 26.7 Å². The van der Waals surface area contributed by atoms with Crippen LogP contribution in [0.5, 0.6) is 0 Å². The normalized spacial score (nSPS) is 40.6. The Balaban J connectivity index is 0.00000128. The van der Waals surface area contributed by atoms with Crippen molar-refractivity contribution in [3.8, 4) is 0 Å². The molecule has 2 unspecified atom stereocenters. The van der Waals surface area contributed by atoms with Crippen LogP contribution in [0.15, 0.2) is 0 Å². The van der Waals surface area contributed by atoms with Crippen LogP contribution in [0.3, 0.4) is 0 Å². The molecular formula is C10H16AcO5. The molecule has 0 aromatic rings. The molecule has 2 fully saturated rings. The van der Waals surface area contributed by atoms with E-state index in [0.717, 1.165) is 0 Å². The van der Waals surface area contributed by atoms with Crippen molar-refractivity contribution in [1.29, 1.82) is 0 Å². The number of carbonyl (C=O) groups is 1. The second-order valence-electron chi connectivity index (χ2n) is 4.58. The van der Waals surface area contributed by atoms with Gasteiger partial charge in [0.05, 0.1) is 6.10 Å². The average Bonchev–Trinajstić information content (AvgIpc) is 2.90. The molecule has 1 saturated carbocycles. The van der Waals surface area contributed by atoms with Crippen molar-refractivity contribution in [1.82, 2.24) is 0 Å². The third kappa shape index (κ3) is 2.25. The maximum absolute atomic E-state index is 11.7. The number of hydrogen-bond acceptors (Lipinski definition) is 5. The number of ketones is 1. The van der Waals surface area contributed by atoms with E-state index < -0.39 is 11.4 Å². The summed E-state index contributed by atoms with van der Waals surface area (Å²) in [7, 11) is 1.45. The molecule has 0 aromatic carbocycles. The second-order valence-corrected chi connectivity index (χ2v) is 4.58. The van der Waals surface area contributed by atoms with E-state index in [1.54, 1.807) is 13.8 Å². The van der Waals surface area contributed by atoms with Crippen LogP contribution in [-0.4, -0.2) is 35.6 Å². The minimum absolute atomic E-state index is 0. The summed E-state index contributed by atoms with van der Waals surface area (Å²) in [5.74, 6) is -1.23. The maximum atomic E-state index is 11.7. The topological polar surface area (TPSA) is 68.3 Å². The Kier molecular flexibility index (Phi) is 4.61. The molecular weight excluding hydrogens is 427 g/mol. The molecule has 16 heavy (non-hydrogen) atoms. The van der Waals surface area contributed by atoms with Crippen LogP contribution in [0.4, 0.5) is 0 Å². The van der Waals surface area contributed by atoms with Gasteiger partial charge in [0.1, 0.15) is 5.60 Å². The van der Waals surface area contributed by atoms with E-state index >= 15 is 0 Å². The van der Waals surface area contributed by atoms with Gasteiger partial charge in [-0.1, -0.05) is 0 Å². The van der Waals surface area contributed by atoms with Gasteiger partial charge in [0.15, 0.2) is 5.78 Å². The van der Waals surface area contributed by atoms with Gasteiger partial charge in [-0.25, -0.2) is 10.1 Å². The van der Waals surface area contributed by atoms with Gasteiger partial charge in [0.25, 0.3) is 0 Å². The third-order valence-corrected chi connectivity index (χ3v) is 3.76. The molecule has 2 aliphatic rings. The molecule has 5 nitrogen and oxygen atoms in total. The minimum atomic E-state index is -1.12. The van der Waals surface area contributed by atoms with Crippen molar-refractivity contribution in [2.24, 2.45) is 5.92 Å². The predicted octanol–water partition coefficient (Wildman–Crippen LogP) is 0.975. The molecule has 1 aliphatic carbocycles. The smallest absolute Gasteiger partial charge is 0.201 e. The Morgan fingerprint density at radius 3 is 2.69 bits per heavy atom. The predicted molar refractivity (Wildman–Crippen MR) is 50.1 cm³/mol. The first-order valence-corrected chi connectivity index (χ1v) is 5.05. The molecule has 0 amide bonds. The monoisotopic (exact) mass is 443 g/mol. The number of fused-ring (bicyclic) bond motifs is 1. The zero-order valence-corrected chi connectivity index (χ0v) is 14.5. The summed E-state index contributed by atoms with van der Waals surface area (Å²) in [4.78, 5) is 16.1. The molecule has 1 N–H and O–H groups in total. The molecule has 2 rings (SSSR count). The number of methoxy groups -OCH3 is 1. The van der Waals surface area contributed by atoms with Gasteiger partial charge in [-0.05, 0) is 20.3 Å². The fourth-order valence-corrected chi connectivity index (χ4v) is 2.23. The van der Waals surface area contributed by atoms with Gasteiger partial charge < -0.3 is 9.47 Å². The fraction of sp³-hybridized carbons (Fsp3) is 0.900. The number of ether oxygens (including phenoxy) is 2. The van der Waals surface area contributed by atoms with E-state index in [2.05, 4.69) is 4.89 Å². The van der Waals surface area contributed by atoms with Crippen LogP contribution in [0.25, 0.3) is 0 Å². The average molecular weight is 443 g/mol. The number of epoxide rings is 1. The second kappa shape index (κ2) is 4.91. The molecule has 1 radical (unpaired) electrons.